The first kappa shape index (κ1) is 13.0. The molecule has 2 atom stereocenters. The summed E-state index contributed by atoms with van der Waals surface area (Å²) >= 11 is 1.97. The second-order valence-corrected chi connectivity index (χ2v) is 6.55. The number of aromatic nitrogens is 2. The van der Waals surface area contributed by atoms with Crippen molar-refractivity contribution in [1.82, 2.24) is 9.97 Å². The minimum absolute atomic E-state index is 0.557. The van der Waals surface area contributed by atoms with Crippen LogP contribution < -0.4 is 10.6 Å². The normalized spacial score (nSPS) is 26.4. The average Bonchev–Trinajstić information content (AvgIpc) is 3.19. The molecule has 2 N–H and O–H groups in total. The van der Waals surface area contributed by atoms with Gasteiger partial charge in [0.1, 0.15) is 17.5 Å². The van der Waals surface area contributed by atoms with Crippen molar-refractivity contribution < 1.29 is 0 Å². The van der Waals surface area contributed by atoms with Crippen LogP contribution in [0.4, 0.5) is 11.6 Å². The number of rotatable bonds is 5. The summed E-state index contributed by atoms with van der Waals surface area (Å²) in [5, 5.41) is 7.49. The molecule has 0 amide bonds. The van der Waals surface area contributed by atoms with Crippen LogP contribution in [0.15, 0.2) is 6.07 Å². The van der Waals surface area contributed by atoms with Crippen molar-refractivity contribution in [2.45, 2.75) is 49.3 Å². The molecule has 19 heavy (non-hydrogen) atoms. The van der Waals surface area contributed by atoms with E-state index in [2.05, 4.69) is 21.9 Å². The standard InChI is InChI=1S/C14H22N4S/c1-15-12-8-13(18-14(17-12)9-6-7-9)16-10-4-3-5-11(10)19-2/h8-11H,3-7H2,1-2H3,(H2,15,16,17,18). The van der Waals surface area contributed by atoms with Crippen molar-refractivity contribution in [3.63, 3.8) is 0 Å². The maximum atomic E-state index is 4.70. The molecule has 1 aromatic rings. The Morgan fingerprint density at radius 1 is 1.16 bits per heavy atom. The van der Waals surface area contributed by atoms with Gasteiger partial charge in [0, 0.05) is 30.3 Å². The fourth-order valence-electron chi connectivity index (χ4n) is 2.76. The van der Waals surface area contributed by atoms with Gasteiger partial charge in [-0.2, -0.15) is 11.8 Å². The molecule has 2 unspecified atom stereocenters. The van der Waals surface area contributed by atoms with Gasteiger partial charge in [-0.3, -0.25) is 0 Å². The summed E-state index contributed by atoms with van der Waals surface area (Å²) in [5.74, 6) is 3.52. The fraction of sp³-hybridized carbons (Fsp3) is 0.714. The third kappa shape index (κ3) is 2.96. The summed E-state index contributed by atoms with van der Waals surface area (Å²) in [4.78, 5) is 9.26. The lowest BCUT2D eigenvalue weighted by Gasteiger charge is -2.20. The van der Waals surface area contributed by atoms with Gasteiger partial charge in [0.2, 0.25) is 0 Å². The highest BCUT2D eigenvalue weighted by molar-refractivity contribution is 7.99. The Morgan fingerprint density at radius 3 is 2.63 bits per heavy atom. The number of anilines is 2. The largest absolute Gasteiger partial charge is 0.373 e. The third-order valence-corrected chi connectivity index (χ3v) is 5.20. The van der Waals surface area contributed by atoms with Crippen LogP contribution >= 0.6 is 11.8 Å². The Balaban J connectivity index is 1.77. The molecule has 0 spiro atoms. The van der Waals surface area contributed by atoms with Crippen molar-refractivity contribution in [1.29, 1.82) is 0 Å². The van der Waals surface area contributed by atoms with E-state index in [-0.39, 0.29) is 0 Å². The predicted molar refractivity (Wildman–Crippen MR) is 82.1 cm³/mol. The Bertz CT molecular complexity index is 447. The van der Waals surface area contributed by atoms with Crippen molar-refractivity contribution in [2.24, 2.45) is 0 Å². The number of hydrogen-bond donors (Lipinski definition) is 2. The second-order valence-electron chi connectivity index (χ2n) is 5.48. The van der Waals surface area contributed by atoms with Crippen LogP contribution in [0.25, 0.3) is 0 Å². The molecule has 0 saturated heterocycles. The van der Waals surface area contributed by atoms with Gasteiger partial charge in [0.05, 0.1) is 0 Å². The lowest BCUT2D eigenvalue weighted by molar-refractivity contribution is 0.759. The summed E-state index contributed by atoms with van der Waals surface area (Å²) < 4.78 is 0. The van der Waals surface area contributed by atoms with Gasteiger partial charge in [-0.25, -0.2) is 9.97 Å². The molecule has 0 radical (unpaired) electrons. The van der Waals surface area contributed by atoms with Crippen LogP contribution in [-0.4, -0.2) is 34.6 Å². The zero-order chi connectivity index (χ0) is 13.2. The second kappa shape index (κ2) is 5.57. The monoisotopic (exact) mass is 278 g/mol. The number of nitrogens with one attached hydrogen (secondary N) is 2. The van der Waals surface area contributed by atoms with E-state index in [0.717, 1.165) is 22.7 Å². The van der Waals surface area contributed by atoms with Crippen LogP contribution in [0.2, 0.25) is 0 Å². The molecule has 0 bridgehead atoms. The summed E-state index contributed by atoms with van der Waals surface area (Å²) in [5.41, 5.74) is 0. The summed E-state index contributed by atoms with van der Waals surface area (Å²) in [6.07, 6.45) is 8.58. The Hall–Kier alpha value is -0.970. The van der Waals surface area contributed by atoms with E-state index >= 15 is 0 Å². The Kier molecular flexibility index (Phi) is 3.82. The van der Waals surface area contributed by atoms with Gasteiger partial charge in [-0.05, 0) is 31.9 Å². The first-order valence-corrected chi connectivity index (χ1v) is 8.45. The molecule has 2 aliphatic carbocycles. The van der Waals surface area contributed by atoms with E-state index < -0.39 is 0 Å². The molecule has 5 heteroatoms. The van der Waals surface area contributed by atoms with Gasteiger partial charge >= 0.3 is 0 Å². The average molecular weight is 278 g/mol. The fourth-order valence-corrected chi connectivity index (χ4v) is 3.69. The summed E-state index contributed by atoms with van der Waals surface area (Å²) in [6.45, 7) is 0. The molecule has 2 fully saturated rings. The minimum atomic E-state index is 0.557. The predicted octanol–water partition coefficient (Wildman–Crippen LogP) is 3.09. The highest BCUT2D eigenvalue weighted by Crippen LogP contribution is 2.39. The number of thioether (sulfide) groups is 1. The van der Waals surface area contributed by atoms with E-state index in [0.29, 0.717) is 12.0 Å². The van der Waals surface area contributed by atoms with Crippen LogP contribution in [-0.2, 0) is 0 Å². The van der Waals surface area contributed by atoms with E-state index in [1.807, 2.05) is 24.9 Å². The zero-order valence-corrected chi connectivity index (χ0v) is 12.5. The van der Waals surface area contributed by atoms with E-state index in [1.54, 1.807) is 0 Å². The van der Waals surface area contributed by atoms with Crippen molar-refractivity contribution in [2.75, 3.05) is 23.9 Å². The first-order chi connectivity index (χ1) is 9.30. The third-order valence-electron chi connectivity index (χ3n) is 4.03. The van der Waals surface area contributed by atoms with Crippen molar-refractivity contribution in [3.8, 4) is 0 Å². The van der Waals surface area contributed by atoms with Crippen LogP contribution in [0, 0.1) is 0 Å². The first-order valence-electron chi connectivity index (χ1n) is 7.16. The molecule has 1 heterocycles. The molecule has 2 saturated carbocycles. The molecule has 1 aromatic heterocycles. The number of hydrogen-bond acceptors (Lipinski definition) is 5. The van der Waals surface area contributed by atoms with Crippen molar-refractivity contribution in [3.05, 3.63) is 11.9 Å². The molecule has 4 nitrogen and oxygen atoms in total. The van der Waals surface area contributed by atoms with Gasteiger partial charge in [-0.15, -0.1) is 0 Å². The minimum Gasteiger partial charge on any atom is -0.373 e. The molecule has 2 aliphatic rings. The molecule has 0 aromatic carbocycles. The van der Waals surface area contributed by atoms with Gasteiger partial charge < -0.3 is 10.6 Å². The Morgan fingerprint density at radius 2 is 1.95 bits per heavy atom. The topological polar surface area (TPSA) is 49.8 Å². The quantitative estimate of drug-likeness (QED) is 0.867. The zero-order valence-electron chi connectivity index (χ0n) is 11.6. The molecular weight excluding hydrogens is 256 g/mol. The highest BCUT2D eigenvalue weighted by atomic mass is 32.2. The van der Waals surface area contributed by atoms with E-state index in [4.69, 9.17) is 4.98 Å². The maximum absolute atomic E-state index is 4.70. The van der Waals surface area contributed by atoms with Gasteiger partial charge in [0.25, 0.3) is 0 Å². The highest BCUT2D eigenvalue weighted by Gasteiger charge is 2.29. The lowest BCUT2D eigenvalue weighted by atomic mass is 10.2. The van der Waals surface area contributed by atoms with Crippen LogP contribution in [0.3, 0.4) is 0 Å². The summed E-state index contributed by atoms with van der Waals surface area (Å²) in [7, 11) is 1.92. The Labute approximate surface area is 119 Å². The summed E-state index contributed by atoms with van der Waals surface area (Å²) in [6, 6.07) is 2.59. The van der Waals surface area contributed by atoms with Crippen LogP contribution in [0.5, 0.6) is 0 Å². The van der Waals surface area contributed by atoms with Crippen molar-refractivity contribution >= 4 is 23.4 Å². The smallest absolute Gasteiger partial charge is 0.136 e. The molecule has 104 valence electrons. The van der Waals surface area contributed by atoms with Gasteiger partial charge in [-0.1, -0.05) is 6.42 Å². The van der Waals surface area contributed by atoms with E-state index in [9.17, 15) is 0 Å². The SMILES string of the molecule is CNc1cc(NC2CCCC2SC)nc(C2CC2)n1. The lowest BCUT2D eigenvalue weighted by Crippen LogP contribution is -2.26. The molecular formula is C14H22N4S. The van der Waals surface area contributed by atoms with Crippen LogP contribution in [0.1, 0.15) is 43.8 Å². The van der Waals surface area contributed by atoms with Gasteiger partial charge in [0.15, 0.2) is 0 Å². The number of nitrogens with zero attached hydrogens (tertiary/aromatic N) is 2. The molecule has 3 rings (SSSR count). The maximum Gasteiger partial charge on any atom is 0.136 e. The van der Waals surface area contributed by atoms with E-state index in [1.165, 1.54) is 32.1 Å². The molecule has 0 aliphatic heterocycles.